The summed E-state index contributed by atoms with van der Waals surface area (Å²) in [5.74, 6) is 1.27. The van der Waals surface area contributed by atoms with E-state index in [0.717, 1.165) is 18.7 Å². The average Bonchev–Trinajstić information content (AvgIpc) is 2.79. The lowest BCUT2D eigenvalue weighted by Gasteiger charge is -2.06. The summed E-state index contributed by atoms with van der Waals surface area (Å²) in [6, 6.07) is 9.01. The number of para-hydroxylation sites is 1. The van der Waals surface area contributed by atoms with E-state index < -0.39 is 6.09 Å². The lowest BCUT2D eigenvalue weighted by Crippen LogP contribution is -2.18. The van der Waals surface area contributed by atoms with Crippen LogP contribution in [0.4, 0.5) is 4.79 Å². The highest BCUT2D eigenvalue weighted by Crippen LogP contribution is 2.10. The van der Waals surface area contributed by atoms with Crippen LogP contribution in [0.25, 0.3) is 0 Å². The molecule has 4 heteroatoms. The fourth-order valence-electron chi connectivity index (χ4n) is 1.55. The highest BCUT2D eigenvalue weighted by Gasteiger charge is 2.11. The first-order valence-corrected chi connectivity index (χ1v) is 5.60. The van der Waals surface area contributed by atoms with Gasteiger partial charge < -0.3 is 4.74 Å². The Morgan fingerprint density at radius 1 is 1.35 bits per heavy atom. The average molecular weight is 230 g/mol. The van der Waals surface area contributed by atoms with Gasteiger partial charge in [0, 0.05) is 18.8 Å². The van der Waals surface area contributed by atoms with Crippen LogP contribution in [0.1, 0.15) is 19.2 Å². The normalized spacial score (nSPS) is 10.2. The highest BCUT2D eigenvalue weighted by molar-refractivity contribution is 5.73. The monoisotopic (exact) mass is 230 g/mol. The summed E-state index contributed by atoms with van der Waals surface area (Å²) in [6.45, 7) is 2.04. The molecule has 0 aliphatic rings. The second-order valence-corrected chi connectivity index (χ2v) is 3.64. The van der Waals surface area contributed by atoms with Gasteiger partial charge in [0.25, 0.3) is 0 Å². The summed E-state index contributed by atoms with van der Waals surface area (Å²) >= 11 is 0. The second kappa shape index (κ2) is 5.30. The lowest BCUT2D eigenvalue weighted by molar-refractivity contribution is 0.201. The van der Waals surface area contributed by atoms with Crippen molar-refractivity contribution in [2.24, 2.45) is 0 Å². The van der Waals surface area contributed by atoms with Gasteiger partial charge in [-0.05, 0) is 18.6 Å². The minimum Gasteiger partial charge on any atom is -0.410 e. The van der Waals surface area contributed by atoms with Crippen LogP contribution in [0.3, 0.4) is 0 Å². The molecule has 0 unspecified atom stereocenters. The van der Waals surface area contributed by atoms with Gasteiger partial charge >= 0.3 is 6.09 Å². The van der Waals surface area contributed by atoms with Crippen LogP contribution < -0.4 is 4.74 Å². The van der Waals surface area contributed by atoms with Crippen molar-refractivity contribution in [1.29, 1.82) is 0 Å². The Balaban J connectivity index is 2.12. The van der Waals surface area contributed by atoms with Crippen LogP contribution in [0, 0.1) is 0 Å². The predicted molar refractivity (Wildman–Crippen MR) is 64.1 cm³/mol. The van der Waals surface area contributed by atoms with Crippen molar-refractivity contribution in [3.8, 4) is 5.75 Å². The van der Waals surface area contributed by atoms with Gasteiger partial charge in [0.05, 0.1) is 0 Å². The summed E-state index contributed by atoms with van der Waals surface area (Å²) in [5, 5.41) is 0. The molecular formula is C13H14N2O2. The first-order valence-electron chi connectivity index (χ1n) is 5.60. The maximum atomic E-state index is 11.9. The minimum absolute atomic E-state index is 0.419. The number of benzene rings is 1. The molecular weight excluding hydrogens is 216 g/mol. The zero-order valence-corrected chi connectivity index (χ0v) is 9.67. The molecule has 0 saturated carbocycles. The van der Waals surface area contributed by atoms with Gasteiger partial charge in [-0.2, -0.15) is 0 Å². The number of carbonyl (C=O) groups is 1. The Morgan fingerprint density at radius 3 is 2.82 bits per heavy atom. The topological polar surface area (TPSA) is 44.1 Å². The van der Waals surface area contributed by atoms with E-state index in [1.165, 1.54) is 4.57 Å². The molecule has 0 radical (unpaired) electrons. The van der Waals surface area contributed by atoms with Crippen molar-refractivity contribution in [2.75, 3.05) is 0 Å². The number of nitrogens with zero attached hydrogens (tertiary/aromatic N) is 2. The Morgan fingerprint density at radius 2 is 2.12 bits per heavy atom. The quantitative estimate of drug-likeness (QED) is 0.814. The summed E-state index contributed by atoms with van der Waals surface area (Å²) < 4.78 is 6.67. The second-order valence-electron chi connectivity index (χ2n) is 3.64. The number of aryl methyl sites for hydroxylation is 1. The number of carbonyl (C=O) groups excluding carboxylic acids is 1. The summed E-state index contributed by atoms with van der Waals surface area (Å²) in [6.07, 6.45) is 4.51. The van der Waals surface area contributed by atoms with Gasteiger partial charge in [0.1, 0.15) is 11.6 Å². The standard InChI is InChI=1S/C13H14N2O2/c1-2-6-12-14-9-10-15(12)13(16)17-11-7-4-3-5-8-11/h3-5,7-10H,2,6H2,1H3. The van der Waals surface area contributed by atoms with E-state index in [2.05, 4.69) is 4.98 Å². The molecule has 0 aliphatic heterocycles. The number of hydrogen-bond acceptors (Lipinski definition) is 3. The fraction of sp³-hybridized carbons (Fsp3) is 0.231. The fourth-order valence-corrected chi connectivity index (χ4v) is 1.55. The van der Waals surface area contributed by atoms with E-state index in [1.54, 1.807) is 24.5 Å². The summed E-state index contributed by atoms with van der Waals surface area (Å²) in [5.41, 5.74) is 0. The maximum Gasteiger partial charge on any atom is 0.424 e. The molecule has 0 amide bonds. The van der Waals surface area contributed by atoms with Crippen LogP contribution in [0.5, 0.6) is 5.75 Å². The van der Waals surface area contributed by atoms with Crippen molar-refractivity contribution < 1.29 is 9.53 Å². The highest BCUT2D eigenvalue weighted by atomic mass is 16.6. The van der Waals surface area contributed by atoms with Crippen molar-refractivity contribution in [3.05, 3.63) is 48.5 Å². The number of imidazole rings is 1. The molecule has 0 bridgehead atoms. The van der Waals surface area contributed by atoms with Crippen molar-refractivity contribution >= 4 is 6.09 Å². The Labute approximate surface area is 99.9 Å². The molecule has 1 heterocycles. The van der Waals surface area contributed by atoms with Gasteiger partial charge in [0.2, 0.25) is 0 Å². The third-order valence-electron chi connectivity index (χ3n) is 2.34. The van der Waals surface area contributed by atoms with E-state index in [-0.39, 0.29) is 0 Å². The third-order valence-corrected chi connectivity index (χ3v) is 2.34. The van der Waals surface area contributed by atoms with Crippen LogP contribution >= 0.6 is 0 Å². The predicted octanol–water partition coefficient (Wildman–Crippen LogP) is 2.88. The number of aromatic nitrogens is 2. The number of ether oxygens (including phenoxy) is 1. The van der Waals surface area contributed by atoms with Crippen molar-refractivity contribution in [3.63, 3.8) is 0 Å². The number of rotatable bonds is 3. The molecule has 0 atom stereocenters. The molecule has 2 rings (SSSR count). The van der Waals surface area contributed by atoms with E-state index in [9.17, 15) is 4.79 Å². The van der Waals surface area contributed by atoms with E-state index >= 15 is 0 Å². The smallest absolute Gasteiger partial charge is 0.410 e. The van der Waals surface area contributed by atoms with E-state index in [4.69, 9.17) is 4.74 Å². The first-order chi connectivity index (χ1) is 8.31. The minimum atomic E-state index is -0.419. The molecule has 0 aliphatic carbocycles. The van der Waals surface area contributed by atoms with Crippen LogP contribution in [0.2, 0.25) is 0 Å². The largest absolute Gasteiger partial charge is 0.424 e. The number of hydrogen-bond donors (Lipinski definition) is 0. The van der Waals surface area contributed by atoms with Crippen LogP contribution in [-0.4, -0.2) is 15.6 Å². The van der Waals surface area contributed by atoms with Gasteiger partial charge in [0.15, 0.2) is 0 Å². The molecule has 4 nitrogen and oxygen atoms in total. The van der Waals surface area contributed by atoms with Gasteiger partial charge in [-0.3, -0.25) is 0 Å². The Bertz CT molecular complexity index is 491. The zero-order chi connectivity index (χ0) is 12.1. The molecule has 0 saturated heterocycles. The van der Waals surface area contributed by atoms with Crippen LogP contribution in [-0.2, 0) is 6.42 Å². The van der Waals surface area contributed by atoms with E-state index in [1.807, 2.05) is 25.1 Å². The SMILES string of the molecule is CCCc1nccn1C(=O)Oc1ccccc1. The first kappa shape index (κ1) is 11.4. The summed E-state index contributed by atoms with van der Waals surface area (Å²) in [4.78, 5) is 16.0. The third kappa shape index (κ3) is 2.72. The molecule has 2 aromatic rings. The van der Waals surface area contributed by atoms with Gasteiger partial charge in [-0.1, -0.05) is 25.1 Å². The van der Waals surface area contributed by atoms with Crippen molar-refractivity contribution in [2.45, 2.75) is 19.8 Å². The molecule has 88 valence electrons. The van der Waals surface area contributed by atoms with Gasteiger partial charge in [-0.25, -0.2) is 14.3 Å². The molecule has 17 heavy (non-hydrogen) atoms. The lowest BCUT2D eigenvalue weighted by atomic mass is 10.3. The molecule has 0 N–H and O–H groups in total. The molecule has 0 fully saturated rings. The van der Waals surface area contributed by atoms with Gasteiger partial charge in [-0.15, -0.1) is 0 Å². The molecule has 0 spiro atoms. The Hall–Kier alpha value is -2.10. The zero-order valence-electron chi connectivity index (χ0n) is 9.67. The maximum absolute atomic E-state index is 11.9. The molecule has 1 aromatic heterocycles. The summed E-state index contributed by atoms with van der Waals surface area (Å²) in [7, 11) is 0. The van der Waals surface area contributed by atoms with Crippen LogP contribution in [0.15, 0.2) is 42.7 Å². The molecule has 1 aromatic carbocycles. The van der Waals surface area contributed by atoms with Crippen molar-refractivity contribution in [1.82, 2.24) is 9.55 Å². The Kier molecular flexibility index (Phi) is 3.55. The van der Waals surface area contributed by atoms with E-state index in [0.29, 0.717) is 5.75 Å².